The molecule has 3 heterocycles. The number of pyridine rings is 1. The predicted molar refractivity (Wildman–Crippen MR) is 171 cm³/mol. The molecule has 258 valence electrons. The molecular formula is C33H38F3N5O6S. The van der Waals surface area contributed by atoms with Gasteiger partial charge in [-0.2, -0.15) is 13.2 Å². The van der Waals surface area contributed by atoms with Crippen molar-refractivity contribution in [1.29, 1.82) is 0 Å². The zero-order valence-corrected chi connectivity index (χ0v) is 27.0. The van der Waals surface area contributed by atoms with Crippen LogP contribution in [0, 0.1) is 5.92 Å². The van der Waals surface area contributed by atoms with Gasteiger partial charge in [0.05, 0.1) is 11.8 Å². The van der Waals surface area contributed by atoms with Gasteiger partial charge in [-0.1, -0.05) is 36.8 Å². The molecule has 1 aromatic heterocycles. The first-order chi connectivity index (χ1) is 22.8. The second kappa shape index (κ2) is 13.1. The molecule has 3 amide bonds. The Morgan fingerprint density at radius 3 is 2.67 bits per heavy atom. The molecule has 4 bridgehead atoms. The van der Waals surface area contributed by atoms with Crippen LogP contribution in [-0.2, 0) is 24.4 Å². The van der Waals surface area contributed by atoms with E-state index in [1.165, 1.54) is 12.3 Å². The molecule has 0 unspecified atom stereocenters. The molecule has 2 aliphatic carbocycles. The third kappa shape index (κ3) is 7.07. The molecule has 2 aliphatic heterocycles. The van der Waals surface area contributed by atoms with Gasteiger partial charge in [0, 0.05) is 23.9 Å². The molecule has 1 aromatic carbocycles. The summed E-state index contributed by atoms with van der Waals surface area (Å²) in [5.74, 6) is -3.63. The summed E-state index contributed by atoms with van der Waals surface area (Å²) in [6.45, 7) is 3.24. The van der Waals surface area contributed by atoms with Crippen molar-refractivity contribution in [2.75, 3.05) is 13.1 Å². The fourth-order valence-electron chi connectivity index (χ4n) is 6.45. The Labute approximate surface area is 276 Å². The quantitative estimate of drug-likeness (QED) is 0.392. The zero-order valence-electron chi connectivity index (χ0n) is 26.2. The number of amides is 3. The Hall–Kier alpha value is -3.98. The summed E-state index contributed by atoms with van der Waals surface area (Å²) >= 11 is 0. The maximum Gasteiger partial charge on any atom is 0.412 e. The highest BCUT2D eigenvalue weighted by atomic mass is 32.2. The summed E-state index contributed by atoms with van der Waals surface area (Å²) in [6.07, 6.45) is 4.17. The van der Waals surface area contributed by atoms with Crippen molar-refractivity contribution in [1.82, 2.24) is 25.2 Å². The fourth-order valence-corrected chi connectivity index (χ4v) is 7.81. The van der Waals surface area contributed by atoms with E-state index in [0.717, 1.165) is 28.7 Å². The Morgan fingerprint density at radius 2 is 1.96 bits per heavy atom. The van der Waals surface area contributed by atoms with Gasteiger partial charge in [-0.25, -0.2) is 13.4 Å². The lowest BCUT2D eigenvalue weighted by molar-refractivity contribution is -0.177. The number of hydrogen-bond acceptors (Lipinski definition) is 8. The Balaban J connectivity index is 1.31. The second-order valence-electron chi connectivity index (χ2n) is 12.9. The van der Waals surface area contributed by atoms with Gasteiger partial charge in [-0.3, -0.25) is 24.4 Å². The zero-order chi connectivity index (χ0) is 34.3. The topological polar surface area (TPSA) is 147 Å². The number of benzene rings is 1. The smallest absolute Gasteiger partial charge is 0.412 e. The molecule has 2 aromatic rings. The lowest BCUT2D eigenvalue weighted by atomic mass is 10.1. The Morgan fingerprint density at radius 1 is 1.17 bits per heavy atom. The van der Waals surface area contributed by atoms with E-state index >= 15 is 0 Å². The first kappa shape index (κ1) is 33.9. The number of fused-ring (bicyclic) bond motifs is 3. The highest BCUT2D eigenvalue weighted by molar-refractivity contribution is 7.91. The van der Waals surface area contributed by atoms with Gasteiger partial charge in [0.1, 0.15) is 17.7 Å². The van der Waals surface area contributed by atoms with E-state index in [-0.39, 0.29) is 31.8 Å². The number of hydrogen-bond donors (Lipinski definition) is 3. The van der Waals surface area contributed by atoms with Crippen LogP contribution >= 0.6 is 0 Å². The van der Waals surface area contributed by atoms with E-state index in [1.807, 2.05) is 30.4 Å². The number of rotatable bonds is 6. The summed E-state index contributed by atoms with van der Waals surface area (Å²) in [4.78, 5) is 46.1. The Kier molecular flexibility index (Phi) is 9.28. The van der Waals surface area contributed by atoms with E-state index < -0.39 is 68.8 Å². The first-order valence-electron chi connectivity index (χ1n) is 16.2. The number of carbonyl (C=O) groups is 3. The lowest BCUT2D eigenvalue weighted by Gasteiger charge is -2.30. The molecule has 3 N–H and O–H groups in total. The van der Waals surface area contributed by atoms with Crippen molar-refractivity contribution in [2.24, 2.45) is 5.92 Å². The van der Waals surface area contributed by atoms with Crippen LogP contribution in [0.1, 0.15) is 56.9 Å². The predicted octanol–water partition coefficient (Wildman–Crippen LogP) is 3.36. The minimum Gasteiger partial charge on any atom is -0.472 e. The fraction of sp³-hybridized carbons (Fsp3) is 0.515. The molecule has 0 radical (unpaired) electrons. The highest BCUT2D eigenvalue weighted by Crippen LogP contribution is 2.45. The van der Waals surface area contributed by atoms with Crippen molar-refractivity contribution in [3.8, 4) is 5.88 Å². The van der Waals surface area contributed by atoms with Crippen LogP contribution in [-0.4, -0.2) is 84.3 Å². The van der Waals surface area contributed by atoms with Gasteiger partial charge < -0.3 is 15.0 Å². The molecule has 11 nitrogen and oxygen atoms in total. The van der Waals surface area contributed by atoms with Gasteiger partial charge in [0.25, 0.3) is 5.91 Å². The maximum atomic E-state index is 14.3. The van der Waals surface area contributed by atoms with Crippen LogP contribution < -0.4 is 20.1 Å². The summed E-state index contributed by atoms with van der Waals surface area (Å²) in [6, 6.07) is 3.51. The van der Waals surface area contributed by atoms with Crippen LogP contribution in [0.15, 0.2) is 49.2 Å². The summed E-state index contributed by atoms with van der Waals surface area (Å²) in [7, 11) is -3.96. The average molecular weight is 690 g/mol. The molecule has 2 saturated carbocycles. The SMILES string of the molecule is C=C[C@H]1C[C@]1(NC(=O)[C@@H]1C[C@@H]2CN1C(=O)[C@H](C(F)(F)F)NCCCCC/C=C/c1ccc3ccnc(c3c1)O2)C(=O)NS(=O)(=O)C1CC1. The number of ether oxygens (including phenoxy) is 1. The van der Waals surface area contributed by atoms with E-state index in [1.54, 1.807) is 6.07 Å². The van der Waals surface area contributed by atoms with Crippen LogP contribution in [0.2, 0.25) is 0 Å². The van der Waals surface area contributed by atoms with Crippen LogP contribution in [0.4, 0.5) is 13.2 Å². The first-order valence-corrected chi connectivity index (χ1v) is 17.7. The summed E-state index contributed by atoms with van der Waals surface area (Å²) in [5, 5.41) is 5.71. The van der Waals surface area contributed by atoms with Crippen LogP contribution in [0.25, 0.3) is 16.8 Å². The van der Waals surface area contributed by atoms with Crippen molar-refractivity contribution < 1.29 is 40.7 Å². The molecule has 1 saturated heterocycles. The molecule has 15 heteroatoms. The number of alkyl halides is 3. The molecule has 48 heavy (non-hydrogen) atoms. The van der Waals surface area contributed by atoms with Gasteiger partial charge in [-0.15, -0.1) is 6.58 Å². The van der Waals surface area contributed by atoms with Gasteiger partial charge in [0.2, 0.25) is 27.7 Å². The molecule has 3 fully saturated rings. The van der Waals surface area contributed by atoms with E-state index in [2.05, 4.69) is 26.9 Å². The van der Waals surface area contributed by atoms with Crippen molar-refractivity contribution in [3.05, 3.63) is 54.8 Å². The molecular weight excluding hydrogens is 651 g/mol. The highest BCUT2D eigenvalue weighted by Gasteiger charge is 2.62. The monoisotopic (exact) mass is 689 g/mol. The Bertz CT molecular complexity index is 1750. The minimum atomic E-state index is -4.96. The maximum absolute atomic E-state index is 14.3. The molecule has 6 rings (SSSR count). The lowest BCUT2D eigenvalue weighted by Crippen LogP contribution is -2.60. The van der Waals surface area contributed by atoms with Crippen molar-refractivity contribution in [3.63, 3.8) is 0 Å². The van der Waals surface area contributed by atoms with Crippen molar-refractivity contribution >= 4 is 44.6 Å². The van der Waals surface area contributed by atoms with Crippen LogP contribution in [0.3, 0.4) is 0 Å². The van der Waals surface area contributed by atoms with Gasteiger partial charge in [0.15, 0.2) is 6.04 Å². The minimum absolute atomic E-state index is 0.0400. The molecule has 4 aliphatic rings. The van der Waals surface area contributed by atoms with Gasteiger partial charge in [-0.05, 0) is 68.2 Å². The molecule has 5 atom stereocenters. The van der Waals surface area contributed by atoms with Gasteiger partial charge >= 0.3 is 6.18 Å². The summed E-state index contributed by atoms with van der Waals surface area (Å²) < 4.78 is 76.4. The third-order valence-electron chi connectivity index (χ3n) is 9.41. The number of allylic oxidation sites excluding steroid dienone is 1. The number of sulfonamides is 1. The summed E-state index contributed by atoms with van der Waals surface area (Å²) in [5.41, 5.74) is -0.770. The number of aromatic nitrogens is 1. The molecule has 0 spiro atoms. The standard InChI is InChI=1S/C33H38F3N5O6S/c1-2-22-18-32(22,31(44)40-48(45,46)24-11-12-24)39-28(42)26-17-23-19-41(26)30(43)27(33(34,35)36)37-14-7-5-3-4-6-8-20-9-10-21-13-15-38-29(47-23)25(21)16-20/h2,6,8-10,13,15-16,22-24,26-27,37H,1,3-5,7,11-12,14,17-19H2,(H,39,42)(H,40,44)/b8-6+/t22-,23+,26-,27+,32+/m0/s1. The van der Waals surface area contributed by atoms with Crippen LogP contribution in [0.5, 0.6) is 5.88 Å². The number of nitrogens with one attached hydrogen (secondary N) is 3. The normalized spacial score (nSPS) is 29.0. The second-order valence-corrected chi connectivity index (χ2v) is 14.9. The van der Waals surface area contributed by atoms with E-state index in [0.29, 0.717) is 31.1 Å². The van der Waals surface area contributed by atoms with E-state index in [4.69, 9.17) is 4.74 Å². The average Bonchev–Trinajstić information content (AvgIpc) is 3.96. The van der Waals surface area contributed by atoms with Crippen molar-refractivity contribution in [2.45, 2.75) is 86.5 Å². The number of halogens is 3. The third-order valence-corrected chi connectivity index (χ3v) is 11.2. The number of carbonyl (C=O) groups excluding carboxylic acids is 3. The van der Waals surface area contributed by atoms with E-state index in [9.17, 15) is 36.0 Å². The largest absolute Gasteiger partial charge is 0.472 e. The number of nitrogens with zero attached hydrogens (tertiary/aromatic N) is 2.